The van der Waals surface area contributed by atoms with Gasteiger partial charge in [0.1, 0.15) is 0 Å². The fraction of sp³-hybridized carbons (Fsp3) is 0.429. The molecule has 0 spiro atoms. The summed E-state index contributed by atoms with van der Waals surface area (Å²) in [5.74, 6) is 0.620. The van der Waals surface area contributed by atoms with E-state index >= 15 is 0 Å². The summed E-state index contributed by atoms with van der Waals surface area (Å²) in [5, 5.41) is 17.6. The van der Waals surface area contributed by atoms with Crippen LogP contribution in [0.3, 0.4) is 0 Å². The fourth-order valence-corrected chi connectivity index (χ4v) is 1.83. The first-order chi connectivity index (χ1) is 10.1. The maximum Gasteiger partial charge on any atom is 0.237 e. The maximum absolute atomic E-state index is 11.8. The number of rotatable bonds is 6. The molecule has 2 aromatic rings. The number of aromatic nitrogens is 4. The van der Waals surface area contributed by atoms with E-state index in [9.17, 15) is 4.79 Å². The van der Waals surface area contributed by atoms with E-state index in [1.54, 1.807) is 4.68 Å². The van der Waals surface area contributed by atoms with Crippen LogP contribution < -0.4 is 10.6 Å². The predicted molar refractivity (Wildman–Crippen MR) is 78.7 cm³/mol. The van der Waals surface area contributed by atoms with Crippen LogP contribution in [0.4, 0.5) is 0 Å². The smallest absolute Gasteiger partial charge is 0.237 e. The van der Waals surface area contributed by atoms with Crippen LogP contribution in [0.5, 0.6) is 0 Å². The van der Waals surface area contributed by atoms with E-state index < -0.39 is 0 Å². The van der Waals surface area contributed by atoms with Gasteiger partial charge in [-0.3, -0.25) is 10.1 Å². The molecule has 1 aromatic carbocycles. The number of tetrazole rings is 1. The number of nitrogens with one attached hydrogen (secondary N) is 2. The van der Waals surface area contributed by atoms with Crippen molar-refractivity contribution in [2.24, 2.45) is 0 Å². The van der Waals surface area contributed by atoms with Crippen LogP contribution in [-0.2, 0) is 11.3 Å². The maximum atomic E-state index is 11.8. The van der Waals surface area contributed by atoms with Gasteiger partial charge in [-0.1, -0.05) is 18.2 Å². The molecule has 1 amide bonds. The lowest BCUT2D eigenvalue weighted by Gasteiger charge is -2.15. The van der Waals surface area contributed by atoms with Gasteiger partial charge in [-0.2, -0.15) is 4.68 Å². The number of carbonyl (C=O) groups excluding carboxylic acids is 1. The van der Waals surface area contributed by atoms with Crippen LogP contribution in [0.15, 0.2) is 30.3 Å². The molecule has 0 saturated heterocycles. The fourth-order valence-electron chi connectivity index (χ4n) is 1.83. The normalized spacial score (nSPS) is 12.4. The van der Waals surface area contributed by atoms with E-state index in [-0.39, 0.29) is 18.0 Å². The van der Waals surface area contributed by atoms with Crippen LogP contribution >= 0.6 is 0 Å². The predicted octanol–water partition coefficient (Wildman–Crippen LogP) is 0.665. The molecule has 0 aliphatic heterocycles. The first-order valence-corrected chi connectivity index (χ1v) is 6.94. The van der Waals surface area contributed by atoms with Crippen molar-refractivity contribution >= 4 is 5.91 Å². The number of hydrogen-bond acceptors (Lipinski definition) is 5. The summed E-state index contributed by atoms with van der Waals surface area (Å²) >= 11 is 0. The molecule has 0 aliphatic rings. The van der Waals surface area contributed by atoms with Crippen LogP contribution in [0.25, 0.3) is 5.69 Å². The van der Waals surface area contributed by atoms with Gasteiger partial charge >= 0.3 is 0 Å². The minimum Gasteiger partial charge on any atom is -0.353 e. The second-order valence-corrected chi connectivity index (χ2v) is 5.11. The molecule has 0 bridgehead atoms. The summed E-state index contributed by atoms with van der Waals surface area (Å²) in [6.07, 6.45) is 0. The zero-order valence-corrected chi connectivity index (χ0v) is 12.4. The highest BCUT2D eigenvalue weighted by Crippen LogP contribution is 2.06. The molecule has 0 radical (unpaired) electrons. The van der Waals surface area contributed by atoms with Gasteiger partial charge < -0.3 is 5.32 Å². The second-order valence-electron chi connectivity index (χ2n) is 5.11. The highest BCUT2D eigenvalue weighted by atomic mass is 16.2. The number of nitrogens with zero attached hydrogens (tertiary/aromatic N) is 4. The van der Waals surface area contributed by atoms with Crippen LogP contribution in [-0.4, -0.2) is 38.2 Å². The van der Waals surface area contributed by atoms with E-state index in [1.807, 2.05) is 51.1 Å². The Kier molecular flexibility index (Phi) is 4.99. The quantitative estimate of drug-likeness (QED) is 0.816. The number of amides is 1. The third kappa shape index (κ3) is 4.09. The molecule has 1 heterocycles. The highest BCUT2D eigenvalue weighted by molar-refractivity contribution is 5.81. The lowest BCUT2D eigenvalue weighted by atomic mass is 10.2. The van der Waals surface area contributed by atoms with Gasteiger partial charge in [0, 0.05) is 6.04 Å². The molecule has 7 heteroatoms. The largest absolute Gasteiger partial charge is 0.353 e. The Balaban J connectivity index is 1.99. The van der Waals surface area contributed by atoms with Crippen molar-refractivity contribution in [2.75, 3.05) is 0 Å². The Morgan fingerprint density at radius 2 is 1.95 bits per heavy atom. The van der Waals surface area contributed by atoms with E-state index in [0.29, 0.717) is 12.4 Å². The van der Waals surface area contributed by atoms with E-state index in [2.05, 4.69) is 26.2 Å². The van der Waals surface area contributed by atoms with Crippen LogP contribution in [0.2, 0.25) is 0 Å². The minimum absolute atomic E-state index is 0.0382. The Hall–Kier alpha value is -2.28. The molecular formula is C14H20N6O. The molecule has 2 N–H and O–H groups in total. The lowest BCUT2D eigenvalue weighted by Crippen LogP contribution is -2.44. The SMILES string of the molecule is CC(C)NC(=O)C(C)NCc1nnnn1-c1ccccc1. The second kappa shape index (κ2) is 6.94. The number of hydrogen-bond donors (Lipinski definition) is 2. The molecule has 1 unspecified atom stereocenters. The third-order valence-corrected chi connectivity index (χ3v) is 2.93. The van der Waals surface area contributed by atoms with Crippen molar-refractivity contribution in [3.8, 4) is 5.69 Å². The summed E-state index contributed by atoms with van der Waals surface area (Å²) in [5.41, 5.74) is 0.888. The average Bonchev–Trinajstić information content (AvgIpc) is 2.93. The monoisotopic (exact) mass is 288 g/mol. The molecular weight excluding hydrogens is 268 g/mol. The molecule has 0 saturated carbocycles. The molecule has 21 heavy (non-hydrogen) atoms. The summed E-state index contributed by atoms with van der Waals surface area (Å²) < 4.78 is 1.65. The van der Waals surface area contributed by atoms with Gasteiger partial charge in [0.2, 0.25) is 5.91 Å². The molecule has 0 fully saturated rings. The molecule has 1 aromatic heterocycles. The zero-order valence-electron chi connectivity index (χ0n) is 12.4. The lowest BCUT2D eigenvalue weighted by molar-refractivity contribution is -0.123. The van der Waals surface area contributed by atoms with Crippen molar-refractivity contribution in [1.82, 2.24) is 30.8 Å². The van der Waals surface area contributed by atoms with Gasteiger partial charge in [-0.05, 0) is 43.3 Å². The van der Waals surface area contributed by atoms with Gasteiger partial charge in [-0.25, -0.2) is 0 Å². The molecule has 112 valence electrons. The summed E-state index contributed by atoms with van der Waals surface area (Å²) in [6, 6.07) is 9.44. The molecule has 1 atom stereocenters. The molecule has 7 nitrogen and oxygen atoms in total. The third-order valence-electron chi connectivity index (χ3n) is 2.93. The van der Waals surface area contributed by atoms with Crippen LogP contribution in [0.1, 0.15) is 26.6 Å². The van der Waals surface area contributed by atoms with Crippen molar-refractivity contribution in [3.05, 3.63) is 36.2 Å². The summed E-state index contributed by atoms with van der Waals surface area (Å²) in [7, 11) is 0. The van der Waals surface area contributed by atoms with Crippen molar-refractivity contribution in [3.63, 3.8) is 0 Å². The van der Waals surface area contributed by atoms with Gasteiger partial charge in [0.25, 0.3) is 0 Å². The number of benzene rings is 1. The summed E-state index contributed by atoms with van der Waals surface area (Å²) in [6.45, 7) is 6.09. The first-order valence-electron chi connectivity index (χ1n) is 6.94. The Bertz CT molecular complexity index is 580. The average molecular weight is 288 g/mol. The topological polar surface area (TPSA) is 84.7 Å². The van der Waals surface area contributed by atoms with Gasteiger partial charge in [0.15, 0.2) is 5.82 Å². The van der Waals surface area contributed by atoms with Gasteiger partial charge in [0.05, 0.1) is 18.3 Å². The minimum atomic E-state index is -0.312. The van der Waals surface area contributed by atoms with E-state index in [1.165, 1.54) is 0 Å². The van der Waals surface area contributed by atoms with E-state index in [0.717, 1.165) is 5.69 Å². The first kappa shape index (κ1) is 15.1. The Labute approximate surface area is 123 Å². The standard InChI is InChI=1S/C14H20N6O/c1-10(2)16-14(21)11(3)15-9-13-17-18-19-20(13)12-7-5-4-6-8-12/h4-8,10-11,15H,9H2,1-3H3,(H,16,21). The van der Waals surface area contributed by atoms with Crippen molar-refractivity contribution in [2.45, 2.75) is 39.4 Å². The molecule has 0 aliphatic carbocycles. The Morgan fingerprint density at radius 3 is 2.62 bits per heavy atom. The van der Waals surface area contributed by atoms with Crippen molar-refractivity contribution in [1.29, 1.82) is 0 Å². The Morgan fingerprint density at radius 1 is 1.24 bits per heavy atom. The van der Waals surface area contributed by atoms with Crippen molar-refractivity contribution < 1.29 is 4.79 Å². The molecule has 2 rings (SSSR count). The van der Waals surface area contributed by atoms with Gasteiger partial charge in [-0.15, -0.1) is 5.10 Å². The number of para-hydroxylation sites is 1. The highest BCUT2D eigenvalue weighted by Gasteiger charge is 2.15. The number of carbonyl (C=O) groups is 1. The van der Waals surface area contributed by atoms with E-state index in [4.69, 9.17) is 0 Å². The summed E-state index contributed by atoms with van der Waals surface area (Å²) in [4.78, 5) is 11.8. The van der Waals surface area contributed by atoms with Crippen LogP contribution in [0, 0.1) is 0 Å². The zero-order chi connectivity index (χ0) is 15.2.